The van der Waals surface area contributed by atoms with Gasteiger partial charge in [0, 0.05) is 11.5 Å². The van der Waals surface area contributed by atoms with Crippen molar-refractivity contribution in [2.45, 2.75) is 19.8 Å². The van der Waals surface area contributed by atoms with Crippen LogP contribution < -0.4 is 0 Å². The zero-order chi connectivity index (χ0) is 13.7. The van der Waals surface area contributed by atoms with Gasteiger partial charge >= 0.3 is 5.97 Å². The molecule has 94 valence electrons. The molecule has 0 bridgehead atoms. The average Bonchev–Trinajstić information content (AvgIpc) is 2.26. The van der Waals surface area contributed by atoms with Crippen molar-refractivity contribution in [2.75, 3.05) is 0 Å². The number of carbonyl (C=O) groups excluding carboxylic acids is 1. The van der Waals surface area contributed by atoms with Gasteiger partial charge in [-0.25, -0.2) is 0 Å². The van der Waals surface area contributed by atoms with E-state index in [-0.39, 0.29) is 5.92 Å². The summed E-state index contributed by atoms with van der Waals surface area (Å²) in [4.78, 5) is 22.1. The summed E-state index contributed by atoms with van der Waals surface area (Å²) in [6.07, 6.45) is 0. The summed E-state index contributed by atoms with van der Waals surface area (Å²) in [6, 6.07) is 6.56. The fourth-order valence-corrected chi connectivity index (χ4v) is 1.61. The molecular weight excluding hydrogens is 252 g/mol. The summed E-state index contributed by atoms with van der Waals surface area (Å²) < 4.78 is 0. The third-order valence-electron chi connectivity index (χ3n) is 2.20. The maximum atomic E-state index is 11.1. The SMILES string of the molecule is CC(C)C#Cc1cccc(C(C(=O)O)C(=O)Cl)c1. The zero-order valence-corrected chi connectivity index (χ0v) is 10.9. The molecule has 0 heterocycles. The fourth-order valence-electron chi connectivity index (χ4n) is 1.39. The van der Waals surface area contributed by atoms with E-state index >= 15 is 0 Å². The van der Waals surface area contributed by atoms with Crippen molar-refractivity contribution in [1.29, 1.82) is 0 Å². The minimum Gasteiger partial charge on any atom is -0.480 e. The summed E-state index contributed by atoms with van der Waals surface area (Å²) in [7, 11) is 0. The quantitative estimate of drug-likeness (QED) is 0.519. The molecule has 0 saturated heterocycles. The molecule has 1 aromatic rings. The van der Waals surface area contributed by atoms with Crippen LogP contribution >= 0.6 is 11.6 Å². The smallest absolute Gasteiger partial charge is 0.319 e. The molecule has 0 spiro atoms. The topological polar surface area (TPSA) is 54.4 Å². The predicted octanol–water partition coefficient (Wildman–Crippen LogP) is 2.63. The van der Waals surface area contributed by atoms with Crippen LogP contribution in [0.5, 0.6) is 0 Å². The Balaban J connectivity index is 3.12. The summed E-state index contributed by atoms with van der Waals surface area (Å²) in [5, 5.41) is 8.06. The van der Waals surface area contributed by atoms with Gasteiger partial charge in [-0.3, -0.25) is 9.59 Å². The molecule has 0 aliphatic heterocycles. The molecular formula is C14H13ClO3. The predicted molar refractivity (Wildman–Crippen MR) is 69.4 cm³/mol. The highest BCUT2D eigenvalue weighted by molar-refractivity contribution is 6.66. The van der Waals surface area contributed by atoms with Crippen LogP contribution in [0.4, 0.5) is 0 Å². The first-order chi connectivity index (χ1) is 8.41. The summed E-state index contributed by atoms with van der Waals surface area (Å²) in [5.41, 5.74) is 1.02. The molecule has 0 aliphatic carbocycles. The zero-order valence-electron chi connectivity index (χ0n) is 10.1. The highest BCUT2D eigenvalue weighted by Gasteiger charge is 2.26. The third kappa shape index (κ3) is 3.90. The molecule has 0 aliphatic rings. The first kappa shape index (κ1) is 14.3. The van der Waals surface area contributed by atoms with E-state index in [1.165, 1.54) is 0 Å². The molecule has 1 atom stereocenters. The van der Waals surface area contributed by atoms with Crippen LogP contribution in [0.1, 0.15) is 30.9 Å². The van der Waals surface area contributed by atoms with E-state index in [2.05, 4.69) is 11.8 Å². The number of aliphatic carboxylic acids is 1. The van der Waals surface area contributed by atoms with E-state index in [1.807, 2.05) is 13.8 Å². The van der Waals surface area contributed by atoms with Crippen LogP contribution in [0.3, 0.4) is 0 Å². The largest absolute Gasteiger partial charge is 0.480 e. The normalized spacial score (nSPS) is 11.6. The first-order valence-electron chi connectivity index (χ1n) is 5.45. The monoisotopic (exact) mass is 264 g/mol. The van der Waals surface area contributed by atoms with E-state index < -0.39 is 17.1 Å². The lowest BCUT2D eigenvalue weighted by Gasteiger charge is -2.07. The van der Waals surface area contributed by atoms with Gasteiger partial charge in [-0.1, -0.05) is 37.8 Å². The second-order valence-corrected chi connectivity index (χ2v) is 4.50. The van der Waals surface area contributed by atoms with Crippen molar-refractivity contribution in [3.05, 3.63) is 35.4 Å². The summed E-state index contributed by atoms with van der Waals surface area (Å²) in [5.74, 6) is 3.51. The number of rotatable bonds is 3. The van der Waals surface area contributed by atoms with Gasteiger partial charge in [-0.2, -0.15) is 0 Å². The Hall–Kier alpha value is -1.79. The number of carbonyl (C=O) groups is 2. The number of hydrogen-bond donors (Lipinski definition) is 1. The highest BCUT2D eigenvalue weighted by atomic mass is 35.5. The van der Waals surface area contributed by atoms with Crippen molar-refractivity contribution < 1.29 is 14.7 Å². The number of halogens is 1. The maximum absolute atomic E-state index is 11.1. The molecule has 1 N–H and O–H groups in total. The number of carboxylic acids is 1. The van der Waals surface area contributed by atoms with E-state index in [1.54, 1.807) is 24.3 Å². The van der Waals surface area contributed by atoms with Crippen LogP contribution in [0.25, 0.3) is 0 Å². The second-order valence-electron chi connectivity index (χ2n) is 4.12. The molecule has 1 unspecified atom stereocenters. The Bertz CT molecular complexity index is 509. The van der Waals surface area contributed by atoms with Crippen molar-refractivity contribution in [3.63, 3.8) is 0 Å². The van der Waals surface area contributed by atoms with Gasteiger partial charge in [0.2, 0.25) is 5.24 Å². The van der Waals surface area contributed by atoms with Gasteiger partial charge in [0.05, 0.1) is 0 Å². The first-order valence-corrected chi connectivity index (χ1v) is 5.83. The lowest BCUT2D eigenvalue weighted by Crippen LogP contribution is -2.17. The molecule has 1 aromatic carbocycles. The van der Waals surface area contributed by atoms with Crippen LogP contribution in [0, 0.1) is 17.8 Å². The molecule has 0 fully saturated rings. The van der Waals surface area contributed by atoms with Crippen molar-refractivity contribution in [2.24, 2.45) is 5.92 Å². The number of carboxylic acid groups (broad SMARTS) is 1. The molecule has 0 radical (unpaired) electrons. The fraction of sp³-hybridized carbons (Fsp3) is 0.286. The van der Waals surface area contributed by atoms with Crippen LogP contribution in [0.15, 0.2) is 24.3 Å². The Morgan fingerprint density at radius 2 is 2.00 bits per heavy atom. The molecule has 0 aromatic heterocycles. The Morgan fingerprint density at radius 1 is 1.33 bits per heavy atom. The molecule has 0 saturated carbocycles. The summed E-state index contributed by atoms with van der Waals surface area (Å²) in [6.45, 7) is 3.92. The molecule has 0 amide bonds. The average molecular weight is 265 g/mol. The van der Waals surface area contributed by atoms with E-state index in [9.17, 15) is 9.59 Å². The standard InChI is InChI=1S/C14H13ClO3/c1-9(2)6-7-10-4-3-5-11(8-10)12(13(15)16)14(17)18/h3-5,8-9,12H,1-2H3,(H,17,18). The Labute approximate surface area is 111 Å². The van der Waals surface area contributed by atoms with Crippen LogP contribution in [0.2, 0.25) is 0 Å². The Morgan fingerprint density at radius 3 is 2.50 bits per heavy atom. The molecule has 1 rings (SSSR count). The van der Waals surface area contributed by atoms with Gasteiger partial charge in [-0.15, -0.1) is 0 Å². The third-order valence-corrected chi connectivity index (χ3v) is 2.42. The van der Waals surface area contributed by atoms with Crippen molar-refractivity contribution in [1.82, 2.24) is 0 Å². The molecule has 4 heteroatoms. The van der Waals surface area contributed by atoms with Crippen LogP contribution in [-0.4, -0.2) is 16.3 Å². The lowest BCUT2D eigenvalue weighted by atomic mass is 9.98. The molecule has 18 heavy (non-hydrogen) atoms. The summed E-state index contributed by atoms with van der Waals surface area (Å²) >= 11 is 5.30. The minimum atomic E-state index is -1.34. The van der Waals surface area contributed by atoms with Gasteiger partial charge in [0.1, 0.15) is 0 Å². The van der Waals surface area contributed by atoms with E-state index in [0.29, 0.717) is 11.1 Å². The van der Waals surface area contributed by atoms with Crippen molar-refractivity contribution in [3.8, 4) is 11.8 Å². The highest BCUT2D eigenvalue weighted by Crippen LogP contribution is 2.20. The van der Waals surface area contributed by atoms with Crippen LogP contribution in [-0.2, 0) is 9.59 Å². The van der Waals surface area contributed by atoms with Gasteiger partial charge in [0.25, 0.3) is 0 Å². The maximum Gasteiger partial charge on any atom is 0.319 e. The number of hydrogen-bond acceptors (Lipinski definition) is 2. The van der Waals surface area contributed by atoms with Gasteiger partial charge in [0.15, 0.2) is 5.92 Å². The van der Waals surface area contributed by atoms with Crippen molar-refractivity contribution >= 4 is 22.8 Å². The van der Waals surface area contributed by atoms with E-state index in [4.69, 9.17) is 16.7 Å². The van der Waals surface area contributed by atoms with Gasteiger partial charge in [-0.05, 0) is 29.3 Å². The molecule has 3 nitrogen and oxygen atoms in total. The minimum absolute atomic E-state index is 0.221. The Kier molecular flexibility index (Phi) is 4.94. The lowest BCUT2D eigenvalue weighted by molar-refractivity contribution is -0.140. The van der Waals surface area contributed by atoms with Gasteiger partial charge < -0.3 is 5.11 Å². The van der Waals surface area contributed by atoms with E-state index in [0.717, 1.165) is 0 Å². The number of benzene rings is 1. The second kappa shape index (κ2) is 6.23.